The Balaban J connectivity index is 1.73. The molecule has 1 aromatic carbocycles. The lowest BCUT2D eigenvalue weighted by Gasteiger charge is -2.19. The van der Waals surface area contributed by atoms with Gasteiger partial charge in [-0.3, -0.25) is 9.59 Å². The van der Waals surface area contributed by atoms with Gasteiger partial charge in [0.05, 0.1) is 5.92 Å². The molecule has 0 aliphatic carbocycles. The van der Waals surface area contributed by atoms with Gasteiger partial charge in [-0.1, -0.05) is 23.7 Å². The second-order valence-electron chi connectivity index (χ2n) is 6.21. The minimum absolute atomic E-state index is 0.0281. The van der Waals surface area contributed by atoms with E-state index in [4.69, 9.17) is 11.6 Å². The highest BCUT2D eigenvalue weighted by Gasteiger charge is 2.33. The second kappa shape index (κ2) is 8.31. The minimum atomic E-state index is -0.227. The van der Waals surface area contributed by atoms with Crippen molar-refractivity contribution in [3.8, 4) is 0 Å². The quantitative estimate of drug-likeness (QED) is 0.818. The number of likely N-dealkylation sites (N-methyl/N-ethyl adjacent to an activating group) is 1. The highest BCUT2D eigenvalue weighted by Crippen LogP contribution is 2.17. The monoisotopic (exact) mass is 337 g/mol. The predicted molar refractivity (Wildman–Crippen MR) is 91.4 cm³/mol. The zero-order valence-electron chi connectivity index (χ0n) is 13.7. The number of halogens is 1. The molecule has 1 heterocycles. The number of nitrogens with one attached hydrogen (secondary N) is 1. The molecule has 6 heteroatoms. The van der Waals surface area contributed by atoms with E-state index in [1.165, 1.54) is 0 Å². The van der Waals surface area contributed by atoms with E-state index < -0.39 is 0 Å². The molecule has 1 aromatic rings. The van der Waals surface area contributed by atoms with Gasteiger partial charge in [-0.2, -0.15) is 0 Å². The zero-order chi connectivity index (χ0) is 16.8. The summed E-state index contributed by atoms with van der Waals surface area (Å²) in [6.45, 7) is 2.60. The van der Waals surface area contributed by atoms with Crippen LogP contribution in [0.15, 0.2) is 24.3 Å². The molecular weight excluding hydrogens is 314 g/mol. The molecule has 5 nitrogen and oxygen atoms in total. The molecule has 1 atom stereocenters. The summed E-state index contributed by atoms with van der Waals surface area (Å²) in [6.07, 6.45) is 1.08. The summed E-state index contributed by atoms with van der Waals surface area (Å²) in [5.74, 6) is -0.181. The first-order valence-corrected chi connectivity index (χ1v) is 8.28. The molecular formula is C17H24ClN3O2. The normalized spacial score (nSPS) is 17.8. The number of hydrogen-bond donors (Lipinski definition) is 1. The minimum Gasteiger partial charge on any atom is -0.355 e. The number of hydrogen-bond acceptors (Lipinski definition) is 3. The largest absolute Gasteiger partial charge is 0.355 e. The number of likely N-dealkylation sites (tertiary alicyclic amines) is 1. The number of carbonyl (C=O) groups excluding carboxylic acids is 2. The van der Waals surface area contributed by atoms with Gasteiger partial charge < -0.3 is 15.1 Å². The Morgan fingerprint density at radius 1 is 1.35 bits per heavy atom. The van der Waals surface area contributed by atoms with Crippen LogP contribution in [0.4, 0.5) is 0 Å². The van der Waals surface area contributed by atoms with Crippen LogP contribution < -0.4 is 5.32 Å². The van der Waals surface area contributed by atoms with E-state index in [1.54, 1.807) is 4.90 Å². The van der Waals surface area contributed by atoms with Gasteiger partial charge in [0.2, 0.25) is 11.8 Å². The fourth-order valence-electron chi connectivity index (χ4n) is 2.61. The van der Waals surface area contributed by atoms with E-state index in [-0.39, 0.29) is 17.7 Å². The molecule has 0 aromatic heterocycles. The van der Waals surface area contributed by atoms with E-state index in [0.717, 1.165) is 18.5 Å². The molecule has 126 valence electrons. The fraction of sp³-hybridized carbons (Fsp3) is 0.529. The van der Waals surface area contributed by atoms with Crippen molar-refractivity contribution in [2.75, 3.05) is 40.3 Å². The highest BCUT2D eigenvalue weighted by molar-refractivity contribution is 6.30. The van der Waals surface area contributed by atoms with Crippen molar-refractivity contribution < 1.29 is 9.59 Å². The summed E-state index contributed by atoms with van der Waals surface area (Å²) in [5, 5.41) is 3.64. The van der Waals surface area contributed by atoms with Gasteiger partial charge in [-0.05, 0) is 38.2 Å². The Kier molecular flexibility index (Phi) is 6.42. The molecule has 23 heavy (non-hydrogen) atoms. The number of nitrogens with zero attached hydrogens (tertiary/aromatic N) is 2. The maximum atomic E-state index is 12.2. The third-order valence-electron chi connectivity index (χ3n) is 4.03. The number of carbonyl (C=O) groups is 2. The van der Waals surface area contributed by atoms with Gasteiger partial charge in [0.25, 0.3) is 0 Å². The van der Waals surface area contributed by atoms with Gasteiger partial charge in [0.1, 0.15) is 0 Å². The van der Waals surface area contributed by atoms with Gasteiger partial charge in [-0.25, -0.2) is 0 Å². The zero-order valence-corrected chi connectivity index (χ0v) is 14.5. The molecule has 2 rings (SSSR count). The SMILES string of the molecule is CN(C)CCN1C[C@H](C(=O)NCCc2ccc(Cl)cc2)CC1=O. The summed E-state index contributed by atoms with van der Waals surface area (Å²) >= 11 is 5.85. The fourth-order valence-corrected chi connectivity index (χ4v) is 2.74. The van der Waals surface area contributed by atoms with E-state index in [9.17, 15) is 9.59 Å². The van der Waals surface area contributed by atoms with Crippen molar-refractivity contribution in [1.29, 1.82) is 0 Å². The summed E-state index contributed by atoms with van der Waals surface area (Å²) in [5.41, 5.74) is 1.13. The van der Waals surface area contributed by atoms with Crippen molar-refractivity contribution in [2.24, 2.45) is 5.92 Å². The second-order valence-corrected chi connectivity index (χ2v) is 6.65. The van der Waals surface area contributed by atoms with Gasteiger partial charge in [0, 0.05) is 37.6 Å². The van der Waals surface area contributed by atoms with E-state index >= 15 is 0 Å². The first kappa shape index (κ1) is 17.8. The maximum Gasteiger partial charge on any atom is 0.225 e. The van der Waals surface area contributed by atoms with Crippen LogP contribution in [0.25, 0.3) is 0 Å². The van der Waals surface area contributed by atoms with Gasteiger partial charge in [-0.15, -0.1) is 0 Å². The van der Waals surface area contributed by atoms with Crippen molar-refractivity contribution in [1.82, 2.24) is 15.1 Å². The molecule has 1 saturated heterocycles. The molecule has 0 bridgehead atoms. The molecule has 0 radical (unpaired) electrons. The van der Waals surface area contributed by atoms with Crippen molar-refractivity contribution >= 4 is 23.4 Å². The standard InChI is InChI=1S/C17H24ClN3O2/c1-20(2)9-10-21-12-14(11-16(21)22)17(23)19-8-7-13-3-5-15(18)6-4-13/h3-6,14H,7-12H2,1-2H3,(H,19,23)/t14-/m1/s1. The molecule has 0 unspecified atom stereocenters. The smallest absolute Gasteiger partial charge is 0.225 e. The Hall–Kier alpha value is -1.59. The average Bonchev–Trinajstić information content (AvgIpc) is 2.88. The molecule has 1 N–H and O–H groups in total. The molecule has 1 aliphatic heterocycles. The summed E-state index contributed by atoms with van der Waals surface area (Å²) in [4.78, 5) is 28.0. The van der Waals surface area contributed by atoms with Crippen LogP contribution >= 0.6 is 11.6 Å². The average molecular weight is 338 g/mol. The van der Waals surface area contributed by atoms with Crippen molar-refractivity contribution in [3.63, 3.8) is 0 Å². The van der Waals surface area contributed by atoms with Crippen LogP contribution in [0.3, 0.4) is 0 Å². The highest BCUT2D eigenvalue weighted by atomic mass is 35.5. The predicted octanol–water partition coefficient (Wildman–Crippen LogP) is 1.41. The molecule has 0 saturated carbocycles. The Labute approximate surface area is 142 Å². The Morgan fingerprint density at radius 2 is 2.04 bits per heavy atom. The van der Waals surface area contributed by atoms with Crippen LogP contribution in [-0.4, -0.2) is 61.9 Å². The topological polar surface area (TPSA) is 52.6 Å². The summed E-state index contributed by atoms with van der Waals surface area (Å²) in [6, 6.07) is 7.60. The number of rotatable bonds is 7. The van der Waals surface area contributed by atoms with Gasteiger partial charge >= 0.3 is 0 Å². The third-order valence-corrected chi connectivity index (χ3v) is 4.28. The first-order valence-electron chi connectivity index (χ1n) is 7.90. The summed E-state index contributed by atoms with van der Waals surface area (Å²) < 4.78 is 0. The van der Waals surface area contributed by atoms with E-state index in [0.29, 0.717) is 31.1 Å². The lowest BCUT2D eigenvalue weighted by Crippen LogP contribution is -2.36. The van der Waals surface area contributed by atoms with E-state index in [2.05, 4.69) is 5.32 Å². The molecule has 0 spiro atoms. The third kappa shape index (κ3) is 5.52. The first-order chi connectivity index (χ1) is 11.0. The van der Waals surface area contributed by atoms with Crippen LogP contribution in [0.1, 0.15) is 12.0 Å². The summed E-state index contributed by atoms with van der Waals surface area (Å²) in [7, 11) is 3.95. The maximum absolute atomic E-state index is 12.2. The van der Waals surface area contributed by atoms with Crippen LogP contribution in [-0.2, 0) is 16.0 Å². The molecule has 2 amide bonds. The molecule has 1 fully saturated rings. The van der Waals surface area contributed by atoms with Crippen molar-refractivity contribution in [3.05, 3.63) is 34.9 Å². The molecule has 1 aliphatic rings. The van der Waals surface area contributed by atoms with Crippen LogP contribution in [0.5, 0.6) is 0 Å². The Bertz CT molecular complexity index is 545. The van der Waals surface area contributed by atoms with Crippen LogP contribution in [0, 0.1) is 5.92 Å². The van der Waals surface area contributed by atoms with Crippen molar-refractivity contribution in [2.45, 2.75) is 12.8 Å². The van der Waals surface area contributed by atoms with E-state index in [1.807, 2.05) is 43.3 Å². The number of benzene rings is 1. The van der Waals surface area contributed by atoms with Gasteiger partial charge in [0.15, 0.2) is 0 Å². The Morgan fingerprint density at radius 3 is 2.70 bits per heavy atom. The lowest BCUT2D eigenvalue weighted by atomic mass is 10.1. The lowest BCUT2D eigenvalue weighted by molar-refractivity contribution is -0.129. The number of amides is 2. The van der Waals surface area contributed by atoms with Crippen LogP contribution in [0.2, 0.25) is 5.02 Å².